The number of benzene rings is 1. The Morgan fingerprint density at radius 2 is 2.14 bits per heavy atom. The van der Waals surface area contributed by atoms with Crippen LogP contribution < -0.4 is 5.32 Å². The maximum absolute atomic E-state index is 3.61. The van der Waals surface area contributed by atoms with Crippen molar-refractivity contribution in [1.82, 2.24) is 5.32 Å². The average Bonchev–Trinajstić information content (AvgIpc) is 2.41. The third-order valence-corrected chi connectivity index (χ3v) is 5.98. The summed E-state index contributed by atoms with van der Waals surface area (Å²) >= 11 is 5.72. The van der Waals surface area contributed by atoms with Crippen LogP contribution >= 0.6 is 27.7 Å². The molecule has 21 heavy (non-hydrogen) atoms. The summed E-state index contributed by atoms with van der Waals surface area (Å²) in [4.78, 5) is 1.47. The minimum Gasteiger partial charge on any atom is -0.312 e. The van der Waals surface area contributed by atoms with Gasteiger partial charge in [-0.05, 0) is 55.0 Å². The van der Waals surface area contributed by atoms with E-state index in [1.165, 1.54) is 40.6 Å². The van der Waals surface area contributed by atoms with Crippen molar-refractivity contribution in [3.05, 3.63) is 28.2 Å². The Labute approximate surface area is 142 Å². The van der Waals surface area contributed by atoms with Crippen molar-refractivity contribution in [3.63, 3.8) is 0 Å². The van der Waals surface area contributed by atoms with Gasteiger partial charge in [0.25, 0.3) is 0 Å². The first-order chi connectivity index (χ1) is 10.0. The third kappa shape index (κ3) is 5.96. The fraction of sp³-hybridized carbons (Fsp3) is 0.667. The summed E-state index contributed by atoms with van der Waals surface area (Å²) in [7, 11) is 0. The molecular formula is C18H28BrNS. The summed E-state index contributed by atoms with van der Waals surface area (Å²) < 4.78 is 1.19. The van der Waals surface area contributed by atoms with Gasteiger partial charge in [-0.3, -0.25) is 0 Å². The van der Waals surface area contributed by atoms with Crippen molar-refractivity contribution in [2.24, 2.45) is 11.8 Å². The van der Waals surface area contributed by atoms with Gasteiger partial charge in [-0.2, -0.15) is 0 Å². The molecule has 118 valence electrons. The molecule has 0 amide bonds. The summed E-state index contributed by atoms with van der Waals surface area (Å²) in [5.41, 5.74) is 1.44. The summed E-state index contributed by atoms with van der Waals surface area (Å²) in [5, 5.41) is 4.39. The van der Waals surface area contributed by atoms with E-state index >= 15 is 0 Å². The van der Waals surface area contributed by atoms with E-state index < -0.39 is 0 Å². The lowest BCUT2D eigenvalue weighted by Gasteiger charge is -2.27. The van der Waals surface area contributed by atoms with Gasteiger partial charge in [-0.25, -0.2) is 0 Å². The van der Waals surface area contributed by atoms with Crippen LogP contribution in [0.15, 0.2) is 27.6 Å². The minimum absolute atomic E-state index is 0.701. The molecule has 1 N–H and O–H groups in total. The largest absolute Gasteiger partial charge is 0.312 e. The van der Waals surface area contributed by atoms with Gasteiger partial charge in [0.15, 0.2) is 0 Å². The summed E-state index contributed by atoms with van der Waals surface area (Å²) in [6, 6.07) is 6.75. The van der Waals surface area contributed by atoms with Crippen LogP contribution in [0.2, 0.25) is 0 Å². The molecule has 0 heterocycles. The molecule has 1 aliphatic rings. The fourth-order valence-electron chi connectivity index (χ4n) is 2.96. The van der Waals surface area contributed by atoms with E-state index in [0.29, 0.717) is 5.92 Å². The van der Waals surface area contributed by atoms with Gasteiger partial charge in [0.05, 0.1) is 0 Å². The number of hydrogen-bond donors (Lipinski definition) is 1. The Morgan fingerprint density at radius 3 is 2.86 bits per heavy atom. The van der Waals surface area contributed by atoms with Gasteiger partial charge in [0.2, 0.25) is 0 Å². The third-order valence-electron chi connectivity index (χ3n) is 4.07. The van der Waals surface area contributed by atoms with Gasteiger partial charge in [0, 0.05) is 21.2 Å². The predicted octanol–water partition coefficient (Wildman–Crippen LogP) is 5.87. The molecule has 2 rings (SSSR count). The normalized spacial score (nSPS) is 22.7. The summed E-state index contributed by atoms with van der Waals surface area (Å²) in [6.07, 6.45) is 5.57. The molecular weight excluding hydrogens is 342 g/mol. The van der Waals surface area contributed by atoms with Crippen molar-refractivity contribution in [3.8, 4) is 0 Å². The Bertz CT molecular complexity index is 447. The zero-order chi connectivity index (χ0) is 15.2. The Morgan fingerprint density at radius 1 is 1.33 bits per heavy atom. The van der Waals surface area contributed by atoms with E-state index in [1.54, 1.807) is 0 Å². The SMILES string of the molecule is CC(C)CNCc1cc(Br)ccc1SC1CCCC(C)C1. The van der Waals surface area contributed by atoms with E-state index in [4.69, 9.17) is 0 Å². The molecule has 3 heteroatoms. The molecule has 0 radical (unpaired) electrons. The highest BCUT2D eigenvalue weighted by Crippen LogP contribution is 2.38. The lowest BCUT2D eigenvalue weighted by atomic mass is 9.91. The van der Waals surface area contributed by atoms with Crippen LogP contribution in [0, 0.1) is 11.8 Å². The van der Waals surface area contributed by atoms with Crippen molar-refractivity contribution < 1.29 is 0 Å². The van der Waals surface area contributed by atoms with Crippen LogP contribution in [0.3, 0.4) is 0 Å². The highest BCUT2D eigenvalue weighted by Gasteiger charge is 2.20. The lowest BCUT2D eigenvalue weighted by Crippen LogP contribution is -2.20. The lowest BCUT2D eigenvalue weighted by molar-refractivity contribution is 0.394. The Balaban J connectivity index is 2.00. The number of halogens is 1. The zero-order valence-electron chi connectivity index (χ0n) is 13.5. The van der Waals surface area contributed by atoms with E-state index in [2.05, 4.69) is 72.0 Å². The zero-order valence-corrected chi connectivity index (χ0v) is 15.9. The van der Waals surface area contributed by atoms with Gasteiger partial charge in [-0.1, -0.05) is 49.5 Å². The second-order valence-electron chi connectivity index (χ2n) is 6.79. The topological polar surface area (TPSA) is 12.0 Å². The van der Waals surface area contributed by atoms with Gasteiger partial charge in [0.1, 0.15) is 0 Å². The quantitative estimate of drug-likeness (QED) is 0.673. The number of hydrogen-bond acceptors (Lipinski definition) is 2. The molecule has 0 saturated heterocycles. The Kier molecular flexibility index (Phi) is 7.11. The number of rotatable bonds is 6. The highest BCUT2D eigenvalue weighted by atomic mass is 79.9. The van der Waals surface area contributed by atoms with Crippen LogP contribution in [0.4, 0.5) is 0 Å². The molecule has 0 bridgehead atoms. The molecule has 1 fully saturated rings. The van der Waals surface area contributed by atoms with Crippen LogP contribution in [0.25, 0.3) is 0 Å². The molecule has 1 aromatic carbocycles. The monoisotopic (exact) mass is 369 g/mol. The molecule has 0 spiro atoms. The van der Waals surface area contributed by atoms with Crippen molar-refractivity contribution >= 4 is 27.7 Å². The predicted molar refractivity (Wildman–Crippen MR) is 98.0 cm³/mol. The molecule has 2 unspecified atom stereocenters. The fourth-order valence-corrected chi connectivity index (χ4v) is 4.87. The first-order valence-corrected chi connectivity index (χ1v) is 9.87. The molecule has 0 aliphatic heterocycles. The molecule has 2 atom stereocenters. The second kappa shape index (κ2) is 8.59. The highest BCUT2D eigenvalue weighted by molar-refractivity contribution is 9.10. The molecule has 1 aliphatic carbocycles. The summed E-state index contributed by atoms with van der Waals surface area (Å²) in [5.74, 6) is 1.60. The van der Waals surface area contributed by atoms with E-state index in [0.717, 1.165) is 24.3 Å². The number of thioether (sulfide) groups is 1. The van der Waals surface area contributed by atoms with E-state index in [9.17, 15) is 0 Å². The Hall–Kier alpha value is 0.01000. The van der Waals surface area contributed by atoms with Crippen LogP contribution in [-0.4, -0.2) is 11.8 Å². The van der Waals surface area contributed by atoms with Crippen LogP contribution in [0.5, 0.6) is 0 Å². The molecule has 1 saturated carbocycles. The second-order valence-corrected chi connectivity index (χ2v) is 9.05. The van der Waals surface area contributed by atoms with Crippen LogP contribution in [-0.2, 0) is 6.54 Å². The minimum atomic E-state index is 0.701. The maximum atomic E-state index is 3.61. The van der Waals surface area contributed by atoms with Gasteiger partial charge >= 0.3 is 0 Å². The van der Waals surface area contributed by atoms with E-state index in [1.807, 2.05) is 0 Å². The molecule has 1 nitrogen and oxygen atoms in total. The van der Waals surface area contributed by atoms with Crippen molar-refractivity contribution in [2.45, 2.75) is 63.1 Å². The van der Waals surface area contributed by atoms with Crippen molar-refractivity contribution in [2.75, 3.05) is 6.54 Å². The van der Waals surface area contributed by atoms with Gasteiger partial charge < -0.3 is 5.32 Å². The maximum Gasteiger partial charge on any atom is 0.0217 e. The van der Waals surface area contributed by atoms with E-state index in [-0.39, 0.29) is 0 Å². The molecule has 1 aromatic rings. The average molecular weight is 370 g/mol. The first kappa shape index (κ1) is 17.4. The smallest absolute Gasteiger partial charge is 0.0217 e. The van der Waals surface area contributed by atoms with Gasteiger partial charge in [-0.15, -0.1) is 11.8 Å². The summed E-state index contributed by atoms with van der Waals surface area (Å²) in [6.45, 7) is 8.97. The standard InChI is InChI=1S/C18H28BrNS/c1-13(2)11-20-12-15-10-16(19)7-8-18(15)21-17-6-4-5-14(3)9-17/h7-8,10,13-14,17,20H,4-6,9,11-12H2,1-3H3. The molecule has 0 aromatic heterocycles. The first-order valence-electron chi connectivity index (χ1n) is 8.20. The van der Waals surface area contributed by atoms with Crippen molar-refractivity contribution in [1.29, 1.82) is 0 Å². The number of nitrogens with one attached hydrogen (secondary N) is 1. The van der Waals surface area contributed by atoms with Crippen LogP contribution in [0.1, 0.15) is 52.0 Å².